The van der Waals surface area contributed by atoms with Gasteiger partial charge in [-0.25, -0.2) is 4.52 Å². The fraction of sp³-hybridized carbons (Fsp3) is 0.214. The molecule has 0 saturated heterocycles. The van der Waals surface area contributed by atoms with Crippen LogP contribution in [0.4, 0.5) is 0 Å². The summed E-state index contributed by atoms with van der Waals surface area (Å²) >= 11 is 3.48. The first kappa shape index (κ1) is 23.9. The van der Waals surface area contributed by atoms with Gasteiger partial charge in [-0.15, -0.1) is 0 Å². The van der Waals surface area contributed by atoms with Crippen LogP contribution in [0.2, 0.25) is 0 Å². The highest BCUT2D eigenvalue weighted by molar-refractivity contribution is 9.10. The van der Waals surface area contributed by atoms with Crippen LogP contribution in [0.3, 0.4) is 0 Å². The van der Waals surface area contributed by atoms with Crippen molar-refractivity contribution in [2.45, 2.75) is 39.7 Å². The highest BCUT2D eigenvalue weighted by Crippen LogP contribution is 2.27. The molecule has 1 atom stereocenters. The van der Waals surface area contributed by atoms with Crippen LogP contribution in [0, 0.1) is 6.92 Å². The van der Waals surface area contributed by atoms with E-state index in [1.165, 1.54) is 4.52 Å². The van der Waals surface area contributed by atoms with Gasteiger partial charge in [0.15, 0.2) is 5.69 Å². The second-order valence-corrected chi connectivity index (χ2v) is 10.2. The molecule has 5 aromatic rings. The Morgan fingerprint density at radius 2 is 1.89 bits per heavy atom. The Morgan fingerprint density at radius 3 is 2.64 bits per heavy atom. The number of nitrogens with zero attached hydrogens (tertiary/aromatic N) is 3. The third-order valence-electron chi connectivity index (χ3n) is 6.41. The number of hydrogen-bond donors (Lipinski definition) is 2. The minimum absolute atomic E-state index is 0.0821. The quantitative estimate of drug-likeness (QED) is 0.287. The van der Waals surface area contributed by atoms with E-state index < -0.39 is 0 Å². The molecule has 5 rings (SSSR count). The predicted octanol–water partition coefficient (Wildman–Crippen LogP) is 5.92. The third kappa shape index (κ3) is 4.33. The number of H-pyrrole nitrogens is 1. The number of fused-ring (bicyclic) bond motifs is 2. The molecule has 7 nitrogen and oxygen atoms in total. The Bertz CT molecular complexity index is 1690. The first-order chi connectivity index (χ1) is 17.2. The SMILES string of the molecule is Cc1cccc2ncc(-c3cn4nc(C(=O)NC(C)c5cccc(Br)c5)c(C(C)C)c4c(=O)[nH]3)cc12. The number of amides is 1. The number of nitrogens with one attached hydrogen (secondary N) is 2. The largest absolute Gasteiger partial charge is 0.344 e. The Morgan fingerprint density at radius 1 is 1.11 bits per heavy atom. The number of pyridine rings is 1. The number of carbonyl (C=O) groups excluding carboxylic acids is 1. The van der Waals surface area contributed by atoms with Crippen molar-refractivity contribution >= 4 is 38.3 Å². The lowest BCUT2D eigenvalue weighted by Crippen LogP contribution is -2.28. The molecule has 0 fully saturated rings. The second-order valence-electron chi connectivity index (χ2n) is 9.32. The lowest BCUT2D eigenvalue weighted by atomic mass is 10.0. The van der Waals surface area contributed by atoms with Gasteiger partial charge in [0.05, 0.1) is 23.4 Å². The van der Waals surface area contributed by atoms with E-state index in [1.807, 2.05) is 76.2 Å². The zero-order chi connectivity index (χ0) is 25.6. The summed E-state index contributed by atoms with van der Waals surface area (Å²) in [6.45, 7) is 7.86. The molecule has 0 aliphatic rings. The highest BCUT2D eigenvalue weighted by atomic mass is 79.9. The van der Waals surface area contributed by atoms with Crippen LogP contribution in [0.25, 0.3) is 27.7 Å². The summed E-state index contributed by atoms with van der Waals surface area (Å²) in [5.41, 5.74) is 5.26. The normalized spacial score (nSPS) is 12.4. The van der Waals surface area contributed by atoms with Crippen molar-refractivity contribution in [1.82, 2.24) is 24.9 Å². The van der Waals surface area contributed by atoms with Gasteiger partial charge in [-0.3, -0.25) is 14.6 Å². The summed E-state index contributed by atoms with van der Waals surface area (Å²) in [4.78, 5) is 34.1. The van der Waals surface area contributed by atoms with Crippen molar-refractivity contribution in [2.24, 2.45) is 0 Å². The monoisotopic (exact) mass is 543 g/mol. The van der Waals surface area contributed by atoms with Gasteiger partial charge in [-0.05, 0) is 55.2 Å². The summed E-state index contributed by atoms with van der Waals surface area (Å²) in [6, 6.07) is 15.5. The van der Waals surface area contributed by atoms with E-state index in [4.69, 9.17) is 0 Å². The maximum absolute atomic E-state index is 13.3. The van der Waals surface area contributed by atoms with Crippen LogP contribution < -0.4 is 10.9 Å². The average molecular weight is 544 g/mol. The molecule has 0 aliphatic carbocycles. The molecule has 0 radical (unpaired) electrons. The lowest BCUT2D eigenvalue weighted by molar-refractivity contribution is 0.0933. The summed E-state index contributed by atoms with van der Waals surface area (Å²) < 4.78 is 2.46. The molecule has 0 spiro atoms. The van der Waals surface area contributed by atoms with Crippen molar-refractivity contribution in [3.05, 3.63) is 98.1 Å². The topological polar surface area (TPSA) is 92.2 Å². The molecule has 3 aromatic heterocycles. The van der Waals surface area contributed by atoms with E-state index in [0.717, 1.165) is 32.1 Å². The Labute approximate surface area is 216 Å². The molecule has 36 heavy (non-hydrogen) atoms. The molecule has 8 heteroatoms. The fourth-order valence-electron chi connectivity index (χ4n) is 4.53. The minimum atomic E-state index is -0.321. The molecule has 1 amide bonds. The van der Waals surface area contributed by atoms with Crippen molar-refractivity contribution in [1.29, 1.82) is 0 Å². The maximum atomic E-state index is 13.3. The minimum Gasteiger partial charge on any atom is -0.344 e. The van der Waals surface area contributed by atoms with Gasteiger partial charge >= 0.3 is 0 Å². The second kappa shape index (κ2) is 9.35. The highest BCUT2D eigenvalue weighted by Gasteiger charge is 2.25. The molecular formula is C28H26BrN5O2. The van der Waals surface area contributed by atoms with E-state index in [-0.39, 0.29) is 29.1 Å². The van der Waals surface area contributed by atoms with Gasteiger partial charge in [-0.2, -0.15) is 5.10 Å². The number of aromatic nitrogens is 4. The van der Waals surface area contributed by atoms with Gasteiger partial charge in [-0.1, -0.05) is 54.0 Å². The van der Waals surface area contributed by atoms with E-state index in [9.17, 15) is 9.59 Å². The van der Waals surface area contributed by atoms with Crippen LogP contribution in [0.15, 0.2) is 70.2 Å². The summed E-state index contributed by atoms with van der Waals surface area (Å²) in [5, 5.41) is 8.62. The first-order valence-electron chi connectivity index (χ1n) is 11.8. The lowest BCUT2D eigenvalue weighted by Gasteiger charge is -2.15. The number of halogens is 1. The number of benzene rings is 2. The maximum Gasteiger partial charge on any atom is 0.274 e. The van der Waals surface area contributed by atoms with Gasteiger partial charge in [0, 0.05) is 27.2 Å². The summed E-state index contributed by atoms with van der Waals surface area (Å²) in [5.74, 6) is -0.403. The molecule has 3 heterocycles. The van der Waals surface area contributed by atoms with E-state index >= 15 is 0 Å². The molecule has 1 unspecified atom stereocenters. The molecule has 0 bridgehead atoms. The molecule has 0 aliphatic heterocycles. The number of rotatable bonds is 5. The van der Waals surface area contributed by atoms with E-state index in [2.05, 4.69) is 36.3 Å². The van der Waals surface area contributed by atoms with Crippen LogP contribution in [-0.2, 0) is 0 Å². The molecular weight excluding hydrogens is 518 g/mol. The smallest absolute Gasteiger partial charge is 0.274 e. The summed E-state index contributed by atoms with van der Waals surface area (Å²) in [6.07, 6.45) is 3.48. The number of carbonyl (C=O) groups is 1. The number of aromatic amines is 1. The van der Waals surface area contributed by atoms with Crippen molar-refractivity contribution in [3.8, 4) is 11.3 Å². The van der Waals surface area contributed by atoms with Gasteiger partial charge < -0.3 is 10.3 Å². The number of hydrogen-bond acceptors (Lipinski definition) is 4. The van der Waals surface area contributed by atoms with Crippen molar-refractivity contribution in [2.75, 3.05) is 0 Å². The number of aryl methyl sites for hydroxylation is 1. The molecule has 182 valence electrons. The molecule has 2 aromatic carbocycles. The molecule has 0 saturated carbocycles. The van der Waals surface area contributed by atoms with Crippen molar-refractivity contribution in [3.63, 3.8) is 0 Å². The average Bonchev–Trinajstić information content (AvgIpc) is 3.25. The predicted molar refractivity (Wildman–Crippen MR) is 145 cm³/mol. The van der Waals surface area contributed by atoms with Crippen molar-refractivity contribution < 1.29 is 4.79 Å². The Balaban J connectivity index is 1.58. The Kier molecular flexibility index (Phi) is 6.22. The van der Waals surface area contributed by atoms with Crippen LogP contribution in [-0.4, -0.2) is 25.5 Å². The van der Waals surface area contributed by atoms with Crippen LogP contribution in [0.1, 0.15) is 59.9 Å². The summed E-state index contributed by atoms with van der Waals surface area (Å²) in [7, 11) is 0. The standard InChI is InChI=1S/C28H26BrN5O2/c1-15(2)24-25(27(35)31-17(4)18-8-6-9-20(29)11-18)33-34-14-23(32-28(36)26(24)34)19-12-21-16(3)7-5-10-22(21)30-13-19/h5-15,17H,1-4H3,(H,31,35)(H,32,36). The van der Waals surface area contributed by atoms with Gasteiger partial charge in [0.1, 0.15) is 5.52 Å². The Hall–Kier alpha value is -3.78. The van der Waals surface area contributed by atoms with Crippen LogP contribution in [0.5, 0.6) is 0 Å². The molecule has 2 N–H and O–H groups in total. The van der Waals surface area contributed by atoms with Gasteiger partial charge in [0.2, 0.25) is 0 Å². The van der Waals surface area contributed by atoms with E-state index in [1.54, 1.807) is 12.4 Å². The van der Waals surface area contributed by atoms with Gasteiger partial charge in [0.25, 0.3) is 11.5 Å². The van der Waals surface area contributed by atoms with E-state index in [0.29, 0.717) is 16.8 Å². The first-order valence-corrected chi connectivity index (χ1v) is 12.6. The third-order valence-corrected chi connectivity index (χ3v) is 6.90. The van der Waals surface area contributed by atoms with Crippen LogP contribution >= 0.6 is 15.9 Å². The zero-order valence-electron chi connectivity index (χ0n) is 20.5. The fourth-order valence-corrected chi connectivity index (χ4v) is 4.95. The zero-order valence-corrected chi connectivity index (χ0v) is 22.1.